The number of hydrogen-bond donors (Lipinski definition) is 1. The number of carboxylic acids is 1. The Bertz CT molecular complexity index is 947. The number of hydrogen-bond acceptors (Lipinski definition) is 4. The normalized spacial score (nSPS) is 12.6. The van der Waals surface area contributed by atoms with Crippen LogP contribution in [-0.4, -0.2) is 48.7 Å². The highest BCUT2D eigenvalue weighted by Gasteiger charge is 2.71. The minimum Gasteiger partial charge on any atom is -0.872 e. The second kappa shape index (κ2) is 10.3. The lowest BCUT2D eigenvalue weighted by atomic mass is 9.99. The molecule has 0 heterocycles. The van der Waals surface area contributed by atoms with Crippen LogP contribution in [0.5, 0.6) is 11.5 Å². The maximum atomic E-state index is 14.1. The molecule has 0 saturated heterocycles. The van der Waals surface area contributed by atoms with E-state index in [0.29, 0.717) is 12.8 Å². The first kappa shape index (κ1) is 26.3. The molecule has 0 saturated carbocycles. The van der Waals surface area contributed by atoms with Crippen molar-refractivity contribution in [3.63, 3.8) is 0 Å². The Kier molecular flexibility index (Phi) is 8.23. The van der Waals surface area contributed by atoms with Crippen LogP contribution in [0.1, 0.15) is 30.1 Å². The third-order valence-electron chi connectivity index (χ3n) is 4.65. The van der Waals surface area contributed by atoms with E-state index in [1.165, 1.54) is 12.1 Å². The molecular formula is C22H21F6O5-. The van der Waals surface area contributed by atoms with Crippen molar-refractivity contribution in [3.05, 3.63) is 48.0 Å². The van der Waals surface area contributed by atoms with Gasteiger partial charge in [0.05, 0.1) is 5.56 Å². The fraction of sp³-hybridized carbons (Fsp3) is 0.409. The molecule has 0 radical (unpaired) electrons. The fourth-order valence-electron chi connectivity index (χ4n) is 2.74. The number of carbonyl (C=O) groups is 1. The summed E-state index contributed by atoms with van der Waals surface area (Å²) >= 11 is 0. The fourth-order valence-corrected chi connectivity index (χ4v) is 2.74. The van der Waals surface area contributed by atoms with Crippen molar-refractivity contribution in [1.29, 1.82) is 0 Å². The lowest BCUT2D eigenvalue weighted by Crippen LogP contribution is -2.58. The third-order valence-corrected chi connectivity index (χ3v) is 4.65. The van der Waals surface area contributed by atoms with E-state index in [1.54, 1.807) is 6.92 Å². The molecule has 0 aliphatic heterocycles. The van der Waals surface area contributed by atoms with Gasteiger partial charge in [-0.3, -0.25) is 0 Å². The van der Waals surface area contributed by atoms with E-state index >= 15 is 0 Å². The predicted molar refractivity (Wildman–Crippen MR) is 104 cm³/mol. The van der Waals surface area contributed by atoms with Crippen LogP contribution in [0.15, 0.2) is 42.5 Å². The Hall–Kier alpha value is -2.95. The van der Waals surface area contributed by atoms with Gasteiger partial charge < -0.3 is 19.7 Å². The zero-order valence-electron chi connectivity index (χ0n) is 17.4. The van der Waals surface area contributed by atoms with Crippen molar-refractivity contribution in [2.45, 2.75) is 37.5 Å². The number of carboxylic acid groups (broad SMARTS) is 1. The molecule has 182 valence electrons. The van der Waals surface area contributed by atoms with Crippen LogP contribution in [-0.2, 0) is 4.74 Å². The van der Waals surface area contributed by atoms with Gasteiger partial charge in [-0.2, -0.15) is 26.3 Å². The Morgan fingerprint density at radius 1 is 0.970 bits per heavy atom. The second-order valence-electron chi connectivity index (χ2n) is 7.22. The third kappa shape index (κ3) is 6.10. The largest absolute Gasteiger partial charge is 0.872 e. The number of alkyl halides is 6. The van der Waals surface area contributed by atoms with Crippen molar-refractivity contribution in [3.8, 4) is 22.6 Å². The average Bonchev–Trinajstić information content (AvgIpc) is 2.75. The SMILES string of the molecule is CCCCOCC(F)(F)C(F)(F)C(F)(F)COc1ccc(C(=O)O)c(-c2ccc([O-])cc2)c1. The van der Waals surface area contributed by atoms with E-state index < -0.39 is 42.7 Å². The van der Waals surface area contributed by atoms with Crippen molar-refractivity contribution < 1.29 is 50.8 Å². The molecule has 33 heavy (non-hydrogen) atoms. The van der Waals surface area contributed by atoms with E-state index in [2.05, 4.69) is 9.47 Å². The lowest BCUT2D eigenvalue weighted by molar-refractivity contribution is -0.324. The molecular weight excluding hydrogens is 458 g/mol. The first-order chi connectivity index (χ1) is 15.3. The first-order valence-electron chi connectivity index (χ1n) is 9.81. The molecule has 5 nitrogen and oxygen atoms in total. The van der Waals surface area contributed by atoms with Crippen LogP contribution in [0.2, 0.25) is 0 Å². The van der Waals surface area contributed by atoms with Crippen LogP contribution in [0.25, 0.3) is 11.1 Å². The minimum atomic E-state index is -5.78. The molecule has 2 rings (SSSR count). The maximum absolute atomic E-state index is 14.1. The topological polar surface area (TPSA) is 78.8 Å². The van der Waals surface area contributed by atoms with Crippen LogP contribution >= 0.6 is 0 Å². The van der Waals surface area contributed by atoms with E-state index in [4.69, 9.17) is 0 Å². The van der Waals surface area contributed by atoms with Gasteiger partial charge in [0.15, 0.2) is 6.61 Å². The van der Waals surface area contributed by atoms with Crippen LogP contribution in [0.4, 0.5) is 26.3 Å². The molecule has 0 amide bonds. The van der Waals surface area contributed by atoms with Crippen LogP contribution in [0, 0.1) is 0 Å². The highest BCUT2D eigenvalue weighted by atomic mass is 19.3. The summed E-state index contributed by atoms with van der Waals surface area (Å²) in [6, 6.07) is 7.69. The average molecular weight is 479 g/mol. The molecule has 2 aromatic carbocycles. The summed E-state index contributed by atoms with van der Waals surface area (Å²) in [7, 11) is 0. The monoisotopic (exact) mass is 479 g/mol. The molecule has 1 N–H and O–H groups in total. The number of benzene rings is 2. The molecule has 0 fully saturated rings. The summed E-state index contributed by atoms with van der Waals surface area (Å²) in [6.07, 6.45) is 0.836. The van der Waals surface area contributed by atoms with E-state index in [0.717, 1.165) is 30.3 Å². The summed E-state index contributed by atoms with van der Waals surface area (Å²) < 4.78 is 92.8. The second-order valence-corrected chi connectivity index (χ2v) is 7.22. The summed E-state index contributed by atoms with van der Waals surface area (Å²) in [6.45, 7) is -2.57. The van der Waals surface area contributed by atoms with Gasteiger partial charge >= 0.3 is 23.7 Å². The van der Waals surface area contributed by atoms with Gasteiger partial charge in [0.2, 0.25) is 0 Å². The van der Waals surface area contributed by atoms with Gasteiger partial charge in [-0.1, -0.05) is 37.6 Å². The molecule has 0 aromatic heterocycles. The Labute approximate surface area is 185 Å². The summed E-state index contributed by atoms with van der Waals surface area (Å²) in [4.78, 5) is 11.4. The first-order valence-corrected chi connectivity index (χ1v) is 9.81. The van der Waals surface area contributed by atoms with Crippen LogP contribution in [0.3, 0.4) is 0 Å². The summed E-state index contributed by atoms with van der Waals surface area (Å²) in [5.41, 5.74) is -0.121. The summed E-state index contributed by atoms with van der Waals surface area (Å²) in [5, 5.41) is 20.6. The van der Waals surface area contributed by atoms with Gasteiger partial charge in [0.25, 0.3) is 0 Å². The highest BCUT2D eigenvalue weighted by molar-refractivity contribution is 5.96. The number of halogens is 6. The number of rotatable bonds is 12. The minimum absolute atomic E-state index is 0.0512. The smallest absolute Gasteiger partial charge is 0.377 e. The molecule has 0 bridgehead atoms. The number of ether oxygens (including phenoxy) is 2. The maximum Gasteiger partial charge on any atom is 0.377 e. The Balaban J connectivity index is 2.22. The molecule has 0 spiro atoms. The van der Waals surface area contributed by atoms with Gasteiger partial charge in [-0.15, -0.1) is 5.75 Å². The zero-order chi connectivity index (χ0) is 24.9. The Morgan fingerprint density at radius 3 is 2.15 bits per heavy atom. The van der Waals surface area contributed by atoms with Crippen LogP contribution < -0.4 is 9.84 Å². The van der Waals surface area contributed by atoms with Gasteiger partial charge in [0.1, 0.15) is 12.4 Å². The van der Waals surface area contributed by atoms with Gasteiger partial charge in [-0.05, 0) is 35.7 Å². The quantitative estimate of drug-likeness (QED) is 0.333. The van der Waals surface area contributed by atoms with Gasteiger partial charge in [0, 0.05) is 6.61 Å². The van der Waals surface area contributed by atoms with Crippen molar-refractivity contribution in [1.82, 2.24) is 0 Å². The van der Waals surface area contributed by atoms with E-state index in [-0.39, 0.29) is 29.0 Å². The predicted octanol–water partition coefficient (Wildman–Crippen LogP) is 5.23. The zero-order valence-corrected chi connectivity index (χ0v) is 17.4. The number of unbranched alkanes of at least 4 members (excludes halogenated alkanes) is 1. The van der Waals surface area contributed by atoms with E-state index in [1.807, 2.05) is 0 Å². The van der Waals surface area contributed by atoms with Gasteiger partial charge in [-0.25, -0.2) is 4.79 Å². The highest BCUT2D eigenvalue weighted by Crippen LogP contribution is 2.46. The standard InChI is InChI=1S/C22H22F6O5/c1-2-3-10-32-12-20(23,24)22(27,28)21(25,26)13-33-16-8-9-17(19(30)31)18(11-16)14-4-6-15(29)7-5-14/h4-9,11,29H,2-3,10,12-13H2,1H3,(H,30,31)/p-1. The molecule has 0 atom stereocenters. The molecule has 2 aromatic rings. The molecule has 11 heteroatoms. The van der Waals surface area contributed by atoms with E-state index in [9.17, 15) is 41.4 Å². The molecule has 0 aliphatic carbocycles. The number of aromatic carboxylic acids is 1. The Morgan fingerprint density at radius 2 is 1.58 bits per heavy atom. The summed E-state index contributed by atoms with van der Waals surface area (Å²) in [5.74, 6) is -18.4. The molecule has 0 unspecified atom stereocenters. The molecule has 0 aliphatic rings. The van der Waals surface area contributed by atoms with Crippen molar-refractivity contribution in [2.24, 2.45) is 0 Å². The lowest BCUT2D eigenvalue weighted by Gasteiger charge is -2.32. The van der Waals surface area contributed by atoms with Crippen molar-refractivity contribution >= 4 is 5.97 Å². The van der Waals surface area contributed by atoms with Crippen molar-refractivity contribution in [2.75, 3.05) is 19.8 Å².